The lowest BCUT2D eigenvalue weighted by atomic mass is 9.80. The summed E-state index contributed by atoms with van der Waals surface area (Å²) >= 11 is 0. The molecule has 0 unspecified atom stereocenters. The van der Waals surface area contributed by atoms with Gasteiger partial charge < -0.3 is 14.6 Å². The Balaban J connectivity index is 1.72. The van der Waals surface area contributed by atoms with E-state index in [0.717, 1.165) is 0 Å². The van der Waals surface area contributed by atoms with Crippen molar-refractivity contribution in [1.82, 2.24) is 0 Å². The number of phenolic OH excluding ortho intramolecular Hbond substituents is 1. The molecule has 2 bridgehead atoms. The second-order valence-corrected chi connectivity index (χ2v) is 6.86. The lowest BCUT2D eigenvalue weighted by molar-refractivity contribution is -0.341. The normalized spacial score (nSPS) is 29.4. The molecule has 2 atom stereocenters. The number of hydrogen-bond donors (Lipinski definition) is 1. The molecule has 0 fully saturated rings. The summed E-state index contributed by atoms with van der Waals surface area (Å²) in [6.45, 7) is 0. The molecule has 4 aliphatic rings. The minimum Gasteiger partial charge on any atom is -0.507 e. The zero-order valence-electron chi connectivity index (χ0n) is 13.4. The number of carbonyl (C=O) groups is 2. The van der Waals surface area contributed by atoms with Gasteiger partial charge in [0, 0.05) is 18.4 Å². The number of allylic oxidation sites excluding steroid dienone is 1. The van der Waals surface area contributed by atoms with Crippen LogP contribution in [-0.2, 0) is 16.3 Å². The first-order valence-electron chi connectivity index (χ1n) is 8.38. The third kappa shape index (κ3) is 1.43. The number of carbonyl (C=O) groups excluding carboxylic acids is 2. The average molecular weight is 348 g/mol. The van der Waals surface area contributed by atoms with Crippen LogP contribution in [-0.4, -0.2) is 16.7 Å². The van der Waals surface area contributed by atoms with Gasteiger partial charge in [-0.05, 0) is 30.4 Å². The van der Waals surface area contributed by atoms with Crippen LogP contribution in [0.4, 0.5) is 0 Å². The highest BCUT2D eigenvalue weighted by atomic mass is 16.8. The summed E-state index contributed by atoms with van der Waals surface area (Å²) in [6.07, 6.45) is 3.51. The third-order valence-corrected chi connectivity index (χ3v) is 5.43. The van der Waals surface area contributed by atoms with Gasteiger partial charge in [0.25, 0.3) is 5.79 Å². The van der Waals surface area contributed by atoms with E-state index in [1.54, 1.807) is 30.3 Å². The van der Waals surface area contributed by atoms with E-state index in [0.29, 0.717) is 34.6 Å². The number of rotatable bonds is 0. The molecule has 2 aromatic rings. The summed E-state index contributed by atoms with van der Waals surface area (Å²) < 4.78 is 18.7. The van der Waals surface area contributed by atoms with Gasteiger partial charge in [0.15, 0.2) is 11.6 Å². The van der Waals surface area contributed by atoms with Gasteiger partial charge in [0.1, 0.15) is 17.2 Å². The Morgan fingerprint density at radius 1 is 1.00 bits per heavy atom. The molecule has 2 aliphatic heterocycles. The molecule has 128 valence electrons. The zero-order chi connectivity index (χ0) is 17.7. The van der Waals surface area contributed by atoms with E-state index >= 15 is 0 Å². The van der Waals surface area contributed by atoms with Crippen molar-refractivity contribution in [2.75, 3.05) is 0 Å². The van der Waals surface area contributed by atoms with E-state index in [1.165, 1.54) is 12.1 Å². The quantitative estimate of drug-likeness (QED) is 0.788. The van der Waals surface area contributed by atoms with Crippen LogP contribution in [0.25, 0.3) is 0 Å². The molecule has 26 heavy (non-hydrogen) atoms. The zero-order valence-corrected chi connectivity index (χ0v) is 13.4. The van der Waals surface area contributed by atoms with Crippen LogP contribution in [0.15, 0.2) is 42.5 Å². The van der Waals surface area contributed by atoms with Crippen molar-refractivity contribution in [3.63, 3.8) is 0 Å². The topological polar surface area (TPSA) is 82.1 Å². The van der Waals surface area contributed by atoms with Crippen LogP contribution < -0.4 is 9.47 Å². The van der Waals surface area contributed by atoms with E-state index in [9.17, 15) is 14.7 Å². The Hall–Kier alpha value is -3.12. The van der Waals surface area contributed by atoms with Crippen molar-refractivity contribution < 1.29 is 28.9 Å². The van der Waals surface area contributed by atoms with Crippen LogP contribution in [0, 0.1) is 0 Å². The van der Waals surface area contributed by atoms with E-state index < -0.39 is 11.6 Å². The summed E-state index contributed by atoms with van der Waals surface area (Å²) in [7, 11) is 0. The van der Waals surface area contributed by atoms with E-state index in [-0.39, 0.29) is 29.3 Å². The van der Waals surface area contributed by atoms with Gasteiger partial charge in [-0.1, -0.05) is 12.1 Å². The maximum atomic E-state index is 12.4. The molecule has 2 spiro atoms. The van der Waals surface area contributed by atoms with E-state index in [2.05, 4.69) is 0 Å². The minimum atomic E-state index is -1.29. The summed E-state index contributed by atoms with van der Waals surface area (Å²) in [5.74, 6) is -2.07. The molecular weight excluding hydrogens is 336 g/mol. The first-order valence-corrected chi connectivity index (χ1v) is 8.38. The minimum absolute atomic E-state index is 0.117. The maximum absolute atomic E-state index is 12.4. The van der Waals surface area contributed by atoms with Gasteiger partial charge in [-0.3, -0.25) is 14.3 Å². The predicted octanol–water partition coefficient (Wildman–Crippen LogP) is 2.93. The number of benzene rings is 2. The number of phenols is 1. The molecule has 6 nitrogen and oxygen atoms in total. The first-order chi connectivity index (χ1) is 12.5. The smallest absolute Gasteiger partial charge is 0.265 e. The van der Waals surface area contributed by atoms with Gasteiger partial charge in [-0.2, -0.15) is 0 Å². The monoisotopic (exact) mass is 348 g/mol. The standard InChI is InChI=1S/C20H12O6/c21-11-6-8-19-17-10(11)2-1-3-14(17)24-20(26-19)9-7-13(23)16-12(22)4-5-15(25-19)18(16)20/h1-6,8,22H,7,9H2/t19-,20-/m0/s1. The number of ketones is 2. The highest BCUT2D eigenvalue weighted by Crippen LogP contribution is 2.60. The van der Waals surface area contributed by atoms with Gasteiger partial charge >= 0.3 is 0 Å². The van der Waals surface area contributed by atoms with Gasteiger partial charge in [-0.15, -0.1) is 0 Å². The van der Waals surface area contributed by atoms with E-state index in [1.807, 2.05) is 0 Å². The Bertz CT molecular complexity index is 1080. The van der Waals surface area contributed by atoms with Gasteiger partial charge in [0.05, 0.1) is 16.7 Å². The molecule has 2 heterocycles. The van der Waals surface area contributed by atoms with Crippen molar-refractivity contribution in [1.29, 1.82) is 0 Å². The molecule has 0 saturated heterocycles. The second kappa shape index (κ2) is 4.16. The first kappa shape index (κ1) is 14.1. The van der Waals surface area contributed by atoms with Crippen LogP contribution in [0.5, 0.6) is 17.2 Å². The second-order valence-electron chi connectivity index (χ2n) is 6.86. The maximum Gasteiger partial charge on any atom is 0.265 e. The largest absolute Gasteiger partial charge is 0.507 e. The number of Topliss-reactive ketones (excluding diaryl/α,β-unsaturated/α-hetero) is 1. The fourth-order valence-electron chi connectivity index (χ4n) is 4.39. The van der Waals surface area contributed by atoms with Gasteiger partial charge in [-0.25, -0.2) is 0 Å². The highest BCUT2D eigenvalue weighted by molar-refractivity contribution is 6.08. The summed E-state index contributed by atoms with van der Waals surface area (Å²) in [5.41, 5.74) is 1.60. The molecule has 0 radical (unpaired) electrons. The van der Waals surface area contributed by atoms with Crippen molar-refractivity contribution in [2.24, 2.45) is 0 Å². The lowest BCUT2D eigenvalue weighted by Gasteiger charge is -2.53. The molecule has 6 heteroatoms. The van der Waals surface area contributed by atoms with Crippen molar-refractivity contribution in [2.45, 2.75) is 24.4 Å². The number of hydrogen-bond acceptors (Lipinski definition) is 6. The highest BCUT2D eigenvalue weighted by Gasteiger charge is 2.61. The molecule has 1 N–H and O–H groups in total. The number of ether oxygens (including phenoxy) is 3. The molecule has 2 aliphatic carbocycles. The van der Waals surface area contributed by atoms with Crippen LogP contribution in [0.3, 0.4) is 0 Å². The molecule has 2 aromatic carbocycles. The fourth-order valence-corrected chi connectivity index (χ4v) is 4.39. The Kier molecular flexibility index (Phi) is 2.26. The number of aromatic hydroxyl groups is 1. The summed E-state index contributed by atoms with van der Waals surface area (Å²) in [6, 6.07) is 8.26. The van der Waals surface area contributed by atoms with Crippen molar-refractivity contribution in [3.05, 3.63) is 64.7 Å². The average Bonchev–Trinajstić information content (AvgIpc) is 2.63. The fraction of sp³-hybridized carbons (Fsp3) is 0.200. The molecular formula is C20H12O6. The SMILES string of the molecule is O=C1C=C[C@@]23Oc4ccc(O)c5c4[C@@](CCC5=O)(Oc4cccc1c42)O3. The molecule has 6 rings (SSSR count). The predicted molar refractivity (Wildman–Crippen MR) is 87.3 cm³/mol. The molecule has 0 aromatic heterocycles. The Morgan fingerprint density at radius 2 is 1.85 bits per heavy atom. The molecule has 0 amide bonds. The lowest BCUT2D eigenvalue weighted by Crippen LogP contribution is -2.57. The van der Waals surface area contributed by atoms with Gasteiger partial charge in [0.2, 0.25) is 5.79 Å². The Morgan fingerprint density at radius 3 is 2.73 bits per heavy atom. The third-order valence-electron chi connectivity index (χ3n) is 5.43. The molecule has 0 saturated carbocycles. The summed E-state index contributed by atoms with van der Waals surface area (Å²) in [5, 5.41) is 10.2. The Labute approximate surface area is 147 Å². The summed E-state index contributed by atoms with van der Waals surface area (Å²) in [4.78, 5) is 24.7. The van der Waals surface area contributed by atoms with Crippen LogP contribution >= 0.6 is 0 Å². The van der Waals surface area contributed by atoms with Crippen molar-refractivity contribution in [3.8, 4) is 17.2 Å². The van der Waals surface area contributed by atoms with Crippen molar-refractivity contribution >= 4 is 11.6 Å². The van der Waals surface area contributed by atoms with Crippen LogP contribution in [0.1, 0.15) is 44.7 Å². The van der Waals surface area contributed by atoms with E-state index in [4.69, 9.17) is 14.2 Å². The van der Waals surface area contributed by atoms with Crippen LogP contribution in [0.2, 0.25) is 0 Å².